The number of rotatable bonds is 1. The van der Waals surface area contributed by atoms with Gasteiger partial charge in [0.15, 0.2) is 0 Å². The Balaban J connectivity index is 1.93. The zero-order valence-corrected chi connectivity index (χ0v) is 11.1. The third-order valence-corrected chi connectivity index (χ3v) is 3.83. The van der Waals surface area contributed by atoms with Crippen LogP contribution in [0.15, 0.2) is 0 Å². The molecule has 1 atom stereocenters. The van der Waals surface area contributed by atoms with E-state index in [9.17, 15) is 4.79 Å². The number of carbonyl (C=O) groups is 1. The molecule has 1 amide bonds. The van der Waals surface area contributed by atoms with Crippen molar-refractivity contribution in [3.05, 3.63) is 0 Å². The van der Waals surface area contributed by atoms with E-state index in [1.54, 1.807) is 0 Å². The number of hydrogen-bond acceptors (Lipinski definition) is 2. The van der Waals surface area contributed by atoms with Gasteiger partial charge in [0.2, 0.25) is 0 Å². The highest BCUT2D eigenvalue weighted by Gasteiger charge is 2.29. The van der Waals surface area contributed by atoms with E-state index < -0.39 is 0 Å². The van der Waals surface area contributed by atoms with Gasteiger partial charge in [-0.15, -0.1) is 0 Å². The summed E-state index contributed by atoms with van der Waals surface area (Å²) in [7, 11) is 0. The summed E-state index contributed by atoms with van der Waals surface area (Å²) in [5, 5.41) is 0. The summed E-state index contributed by atoms with van der Waals surface area (Å²) in [5.74, 6) is 6.60. The van der Waals surface area contributed by atoms with Crippen LogP contribution in [0.1, 0.15) is 33.6 Å². The fourth-order valence-electron chi connectivity index (χ4n) is 2.36. The van der Waals surface area contributed by atoms with Crippen molar-refractivity contribution in [2.45, 2.75) is 39.2 Å². The van der Waals surface area contributed by atoms with Crippen LogP contribution in [0.2, 0.25) is 0 Å². The molecule has 2 fully saturated rings. The van der Waals surface area contributed by atoms with Crippen molar-refractivity contribution in [1.82, 2.24) is 9.80 Å². The van der Waals surface area contributed by atoms with Crippen LogP contribution < -0.4 is 0 Å². The van der Waals surface area contributed by atoms with Gasteiger partial charge in [-0.25, -0.2) is 0 Å². The van der Waals surface area contributed by atoms with Gasteiger partial charge in [-0.3, -0.25) is 9.69 Å². The monoisotopic (exact) mass is 234 g/mol. The Labute approximate surface area is 104 Å². The molecule has 3 nitrogen and oxygen atoms in total. The lowest BCUT2D eigenvalue weighted by Gasteiger charge is -2.41. The molecule has 0 aromatic carbocycles. The Bertz CT molecular complexity index is 360. The maximum atomic E-state index is 11.9. The van der Waals surface area contributed by atoms with E-state index in [1.165, 1.54) is 6.42 Å². The molecule has 2 rings (SSSR count). The second-order valence-corrected chi connectivity index (χ2v) is 5.79. The maximum Gasteiger partial charge on any atom is 0.298 e. The molecule has 2 saturated heterocycles. The van der Waals surface area contributed by atoms with Gasteiger partial charge in [0.1, 0.15) is 0 Å². The second kappa shape index (κ2) is 4.70. The average molecular weight is 234 g/mol. The van der Waals surface area contributed by atoms with Crippen LogP contribution in [0, 0.1) is 17.8 Å². The predicted molar refractivity (Wildman–Crippen MR) is 68.4 cm³/mol. The Morgan fingerprint density at radius 2 is 2.00 bits per heavy atom. The van der Waals surface area contributed by atoms with Crippen molar-refractivity contribution in [2.24, 2.45) is 5.92 Å². The first kappa shape index (κ1) is 12.4. The van der Waals surface area contributed by atoms with Crippen LogP contribution in [-0.4, -0.2) is 47.4 Å². The fourth-order valence-corrected chi connectivity index (χ4v) is 2.36. The van der Waals surface area contributed by atoms with Gasteiger partial charge in [-0.05, 0) is 38.5 Å². The van der Waals surface area contributed by atoms with Gasteiger partial charge in [-0.1, -0.05) is 12.8 Å². The smallest absolute Gasteiger partial charge is 0.298 e. The van der Waals surface area contributed by atoms with Crippen molar-refractivity contribution in [1.29, 1.82) is 0 Å². The van der Waals surface area contributed by atoms with Gasteiger partial charge >= 0.3 is 0 Å². The molecule has 2 aliphatic rings. The zero-order valence-electron chi connectivity index (χ0n) is 11.1. The fraction of sp³-hybridized carbons (Fsp3) is 0.786. The second-order valence-electron chi connectivity index (χ2n) is 5.79. The third kappa shape index (κ3) is 2.81. The highest BCUT2D eigenvalue weighted by Crippen LogP contribution is 2.20. The number of likely N-dealkylation sites (tertiary alicyclic amines) is 2. The lowest BCUT2D eigenvalue weighted by atomic mass is 9.99. The molecule has 0 aromatic rings. The molecule has 0 radical (unpaired) electrons. The van der Waals surface area contributed by atoms with Crippen LogP contribution >= 0.6 is 0 Å². The minimum Gasteiger partial charge on any atom is -0.332 e. The van der Waals surface area contributed by atoms with E-state index in [4.69, 9.17) is 0 Å². The Morgan fingerprint density at radius 1 is 1.29 bits per heavy atom. The number of amides is 1. The van der Waals surface area contributed by atoms with Crippen molar-refractivity contribution >= 4 is 5.91 Å². The van der Waals surface area contributed by atoms with Gasteiger partial charge in [0, 0.05) is 26.2 Å². The van der Waals surface area contributed by atoms with Crippen molar-refractivity contribution in [3.8, 4) is 11.8 Å². The normalized spacial score (nSPS) is 25.1. The van der Waals surface area contributed by atoms with Gasteiger partial charge in [0.05, 0.1) is 5.54 Å². The summed E-state index contributed by atoms with van der Waals surface area (Å²) in [6.45, 7) is 10.3. The zero-order chi connectivity index (χ0) is 12.5. The van der Waals surface area contributed by atoms with Crippen LogP contribution in [0.3, 0.4) is 0 Å². The topological polar surface area (TPSA) is 23.6 Å². The molecule has 0 unspecified atom stereocenters. The molecule has 0 aromatic heterocycles. The summed E-state index contributed by atoms with van der Waals surface area (Å²) < 4.78 is 0. The van der Waals surface area contributed by atoms with E-state index >= 15 is 0 Å². The Kier molecular flexibility index (Phi) is 3.44. The van der Waals surface area contributed by atoms with E-state index in [1.807, 2.05) is 4.90 Å². The number of carbonyl (C=O) groups excluding carboxylic acids is 1. The van der Waals surface area contributed by atoms with Crippen LogP contribution in [0.25, 0.3) is 0 Å². The van der Waals surface area contributed by atoms with Crippen LogP contribution in [0.5, 0.6) is 0 Å². The van der Waals surface area contributed by atoms with Crippen molar-refractivity contribution in [2.75, 3.05) is 26.2 Å². The van der Waals surface area contributed by atoms with E-state index in [2.05, 4.69) is 37.5 Å². The van der Waals surface area contributed by atoms with Gasteiger partial charge in [-0.2, -0.15) is 0 Å². The molecule has 0 spiro atoms. The molecular weight excluding hydrogens is 212 g/mol. The summed E-state index contributed by atoms with van der Waals surface area (Å²) in [4.78, 5) is 16.1. The van der Waals surface area contributed by atoms with Crippen molar-refractivity contribution in [3.63, 3.8) is 0 Å². The van der Waals surface area contributed by atoms with Crippen LogP contribution in [0.4, 0.5) is 0 Å². The predicted octanol–water partition coefficient (Wildman–Crippen LogP) is 1.34. The van der Waals surface area contributed by atoms with Gasteiger partial charge in [0.25, 0.3) is 5.91 Å². The Hall–Kier alpha value is -1.01. The molecule has 3 heteroatoms. The summed E-state index contributed by atoms with van der Waals surface area (Å²) >= 11 is 0. The van der Waals surface area contributed by atoms with E-state index in [0.717, 1.165) is 32.6 Å². The van der Waals surface area contributed by atoms with Crippen LogP contribution in [-0.2, 0) is 4.79 Å². The Morgan fingerprint density at radius 3 is 2.47 bits per heavy atom. The third-order valence-electron chi connectivity index (χ3n) is 3.83. The summed E-state index contributed by atoms with van der Waals surface area (Å²) in [5.41, 5.74) is -0.154. The van der Waals surface area contributed by atoms with Crippen molar-refractivity contribution < 1.29 is 4.79 Å². The molecular formula is C14H22N2O. The first-order valence-corrected chi connectivity index (χ1v) is 6.56. The molecule has 94 valence electrons. The number of hydrogen-bond donors (Lipinski definition) is 0. The lowest BCUT2D eigenvalue weighted by molar-refractivity contribution is -0.124. The molecule has 0 bridgehead atoms. The minimum absolute atomic E-state index is 0.00273. The molecule has 2 heterocycles. The molecule has 17 heavy (non-hydrogen) atoms. The summed E-state index contributed by atoms with van der Waals surface area (Å²) in [6.07, 6.45) is 2.37. The van der Waals surface area contributed by atoms with E-state index in [0.29, 0.717) is 5.92 Å². The largest absolute Gasteiger partial charge is 0.332 e. The highest BCUT2D eigenvalue weighted by atomic mass is 16.2. The SMILES string of the molecule is C[C@H]1CCN(C(=O)C#CC(C)(C)N2CCC2)C1. The summed E-state index contributed by atoms with van der Waals surface area (Å²) in [6, 6.07) is 0. The molecule has 0 saturated carbocycles. The molecule has 0 N–H and O–H groups in total. The van der Waals surface area contributed by atoms with Gasteiger partial charge < -0.3 is 4.90 Å². The van der Waals surface area contributed by atoms with E-state index in [-0.39, 0.29) is 11.4 Å². The average Bonchev–Trinajstić information content (AvgIpc) is 2.58. The molecule has 2 aliphatic heterocycles. The first-order valence-electron chi connectivity index (χ1n) is 6.56. The molecule has 0 aliphatic carbocycles. The first-order chi connectivity index (χ1) is 7.99. The standard InChI is InChI=1S/C14H22N2O/c1-12-6-10-15(11-12)13(17)5-7-14(2,3)16-8-4-9-16/h12H,4,6,8-11H2,1-3H3/t12-/m0/s1. The highest BCUT2D eigenvalue weighted by molar-refractivity contribution is 5.93. The quantitative estimate of drug-likeness (QED) is 0.639. The maximum absolute atomic E-state index is 11.9. The lowest BCUT2D eigenvalue weighted by Crippen LogP contribution is -2.51. The minimum atomic E-state index is -0.154. The number of nitrogens with zero attached hydrogens (tertiary/aromatic N) is 2.